The summed E-state index contributed by atoms with van der Waals surface area (Å²) in [5.74, 6) is -3.32. The molecule has 226 valence electrons. The van der Waals surface area contributed by atoms with Gasteiger partial charge in [0.25, 0.3) is 12.3 Å². The van der Waals surface area contributed by atoms with E-state index in [1.165, 1.54) is 18.2 Å². The highest BCUT2D eigenvalue weighted by Crippen LogP contribution is 2.28. The number of carbonyl (C=O) groups is 1. The normalized spacial score (nSPS) is 14.6. The second kappa shape index (κ2) is 12.0. The molecule has 0 unspecified atom stereocenters. The lowest BCUT2D eigenvalue weighted by atomic mass is 10.0. The number of benzene rings is 3. The Labute approximate surface area is 247 Å². The van der Waals surface area contributed by atoms with Gasteiger partial charge in [-0.15, -0.1) is 0 Å². The van der Waals surface area contributed by atoms with Gasteiger partial charge >= 0.3 is 5.97 Å². The minimum absolute atomic E-state index is 0.0543. The predicted octanol–water partition coefficient (Wildman–Crippen LogP) is 7.11. The van der Waals surface area contributed by atoms with Gasteiger partial charge in [0.05, 0.1) is 34.9 Å². The molecule has 2 aromatic heterocycles. The highest BCUT2D eigenvalue weighted by Gasteiger charge is 2.23. The number of aromatic carboxylic acids is 1. The fraction of sp³-hybridized carbons (Fsp3) is 0.219. The van der Waals surface area contributed by atoms with Gasteiger partial charge in [-0.3, -0.25) is 0 Å². The van der Waals surface area contributed by atoms with Crippen molar-refractivity contribution in [3.63, 3.8) is 0 Å². The summed E-state index contributed by atoms with van der Waals surface area (Å²) in [7, 11) is 0. The lowest BCUT2D eigenvalue weighted by Crippen LogP contribution is -2.31. The van der Waals surface area contributed by atoms with Gasteiger partial charge in [-0.1, -0.05) is 24.3 Å². The molecule has 5 aromatic rings. The highest BCUT2D eigenvalue weighted by molar-refractivity contribution is 5.92. The van der Waals surface area contributed by atoms with Crippen LogP contribution >= 0.6 is 0 Å². The topological polar surface area (TPSA) is 86.5 Å². The molecule has 0 spiro atoms. The standard InChI is InChI=1S/C32H24F5N3O4/c33-23-6-8-26(39-31(23)44-16-21-4-3-19(30(36)37)12-25(21)35)18-2-1-17(24(34)11-18)14-29-38-27-7-5-20(32(41)42)13-28(27)40(29)15-22-9-10-43-22/h1-8,11-13,22,30H,9-10,14-16H2,(H,41,42)/t22-/m0/s1. The van der Waals surface area contributed by atoms with Crippen molar-refractivity contribution >= 4 is 17.0 Å². The first kappa shape index (κ1) is 29.2. The molecule has 0 radical (unpaired) electrons. The summed E-state index contributed by atoms with van der Waals surface area (Å²) >= 11 is 0. The molecule has 0 bridgehead atoms. The molecule has 6 rings (SSSR count). The zero-order valence-corrected chi connectivity index (χ0v) is 22.9. The number of nitrogens with zero attached hydrogens (tertiary/aromatic N) is 3. The summed E-state index contributed by atoms with van der Waals surface area (Å²) in [6.45, 7) is 0.618. The molecule has 1 atom stereocenters. The average molecular weight is 610 g/mol. The number of hydrogen-bond donors (Lipinski definition) is 1. The number of carboxylic acids is 1. The number of imidazole rings is 1. The van der Waals surface area contributed by atoms with Crippen LogP contribution in [-0.2, 0) is 24.3 Å². The van der Waals surface area contributed by atoms with Crippen LogP contribution < -0.4 is 4.74 Å². The van der Waals surface area contributed by atoms with E-state index in [4.69, 9.17) is 9.47 Å². The average Bonchev–Trinajstić information content (AvgIpc) is 3.31. The summed E-state index contributed by atoms with van der Waals surface area (Å²) < 4.78 is 82.5. The Morgan fingerprint density at radius 1 is 0.955 bits per heavy atom. The Morgan fingerprint density at radius 3 is 2.41 bits per heavy atom. The van der Waals surface area contributed by atoms with E-state index in [1.807, 2.05) is 4.57 Å². The maximum atomic E-state index is 15.4. The van der Waals surface area contributed by atoms with Gasteiger partial charge in [0.1, 0.15) is 24.1 Å². The third kappa shape index (κ3) is 5.98. The molecule has 3 heterocycles. The van der Waals surface area contributed by atoms with Crippen LogP contribution in [0.3, 0.4) is 0 Å². The molecule has 1 N–H and O–H groups in total. The lowest BCUT2D eigenvalue weighted by Gasteiger charge is -2.27. The first-order valence-corrected chi connectivity index (χ1v) is 13.6. The van der Waals surface area contributed by atoms with Gasteiger partial charge in [-0.05, 0) is 54.4 Å². The minimum Gasteiger partial charge on any atom is -0.478 e. The quantitative estimate of drug-likeness (QED) is 0.170. The second-order valence-electron chi connectivity index (χ2n) is 10.3. The van der Waals surface area contributed by atoms with Crippen molar-refractivity contribution in [1.29, 1.82) is 0 Å². The maximum Gasteiger partial charge on any atom is 0.335 e. The molecular weight excluding hydrogens is 585 g/mol. The molecule has 3 aromatic carbocycles. The molecular formula is C32H24F5N3O4. The third-order valence-corrected chi connectivity index (χ3v) is 7.46. The summed E-state index contributed by atoms with van der Waals surface area (Å²) in [5, 5.41) is 9.45. The van der Waals surface area contributed by atoms with Crippen LogP contribution in [0.4, 0.5) is 22.0 Å². The Kier molecular flexibility index (Phi) is 8.00. The van der Waals surface area contributed by atoms with Crippen molar-refractivity contribution in [1.82, 2.24) is 14.5 Å². The number of hydrogen-bond acceptors (Lipinski definition) is 5. The molecule has 0 amide bonds. The van der Waals surface area contributed by atoms with Crippen LogP contribution in [0, 0.1) is 17.5 Å². The van der Waals surface area contributed by atoms with Crippen molar-refractivity contribution in [2.75, 3.05) is 6.61 Å². The van der Waals surface area contributed by atoms with E-state index in [0.717, 1.165) is 24.6 Å². The highest BCUT2D eigenvalue weighted by atomic mass is 19.3. The van der Waals surface area contributed by atoms with Crippen molar-refractivity contribution in [3.8, 4) is 17.1 Å². The van der Waals surface area contributed by atoms with Crippen molar-refractivity contribution in [2.24, 2.45) is 0 Å². The van der Waals surface area contributed by atoms with Crippen molar-refractivity contribution in [2.45, 2.75) is 38.5 Å². The molecule has 0 aliphatic carbocycles. The van der Waals surface area contributed by atoms with Gasteiger partial charge in [-0.25, -0.2) is 36.7 Å². The third-order valence-electron chi connectivity index (χ3n) is 7.46. The van der Waals surface area contributed by atoms with E-state index in [9.17, 15) is 27.5 Å². The van der Waals surface area contributed by atoms with Gasteiger partial charge in [-0.2, -0.15) is 0 Å². The first-order chi connectivity index (χ1) is 21.2. The van der Waals surface area contributed by atoms with Crippen LogP contribution in [0.2, 0.25) is 0 Å². The molecule has 7 nitrogen and oxygen atoms in total. The SMILES string of the molecule is O=C(O)c1ccc2nc(Cc3ccc(-c4ccc(F)c(OCc5ccc(C(F)F)cc5F)n4)cc3F)n(C[C@@H]3CCO3)c2c1. The molecule has 1 fully saturated rings. The van der Waals surface area contributed by atoms with Crippen molar-refractivity contribution in [3.05, 3.63) is 112 Å². The van der Waals surface area contributed by atoms with Gasteiger partial charge in [0, 0.05) is 29.7 Å². The van der Waals surface area contributed by atoms with Gasteiger partial charge in [0.2, 0.25) is 0 Å². The van der Waals surface area contributed by atoms with E-state index in [0.29, 0.717) is 47.2 Å². The number of carboxylic acid groups (broad SMARTS) is 1. The summed E-state index contributed by atoms with van der Waals surface area (Å²) in [6.07, 6.45) is -1.94. The fourth-order valence-electron chi connectivity index (χ4n) is 4.94. The lowest BCUT2D eigenvalue weighted by molar-refractivity contribution is -0.0589. The molecule has 1 aliphatic heterocycles. The molecule has 1 saturated heterocycles. The summed E-state index contributed by atoms with van der Waals surface area (Å²) in [4.78, 5) is 20.3. The minimum atomic E-state index is -2.84. The van der Waals surface area contributed by atoms with E-state index < -0.39 is 47.9 Å². The van der Waals surface area contributed by atoms with Crippen LogP contribution in [0.5, 0.6) is 5.88 Å². The predicted molar refractivity (Wildman–Crippen MR) is 149 cm³/mol. The largest absolute Gasteiger partial charge is 0.478 e. The van der Waals surface area contributed by atoms with E-state index in [-0.39, 0.29) is 29.3 Å². The zero-order chi connectivity index (χ0) is 31.0. The number of alkyl halides is 2. The number of halogens is 5. The Morgan fingerprint density at radius 2 is 1.73 bits per heavy atom. The first-order valence-electron chi connectivity index (χ1n) is 13.6. The van der Waals surface area contributed by atoms with Crippen LogP contribution in [0.15, 0.2) is 66.7 Å². The summed E-state index contributed by atoms with van der Waals surface area (Å²) in [5.41, 5.74) is 1.58. The van der Waals surface area contributed by atoms with Crippen molar-refractivity contribution < 1.29 is 41.3 Å². The molecule has 1 aliphatic rings. The zero-order valence-electron chi connectivity index (χ0n) is 22.9. The van der Waals surface area contributed by atoms with Crippen LogP contribution in [-0.4, -0.2) is 38.3 Å². The van der Waals surface area contributed by atoms with Crippen LogP contribution in [0.25, 0.3) is 22.3 Å². The number of pyridine rings is 1. The fourth-order valence-corrected chi connectivity index (χ4v) is 4.94. The molecule has 44 heavy (non-hydrogen) atoms. The second-order valence-corrected chi connectivity index (χ2v) is 10.3. The number of rotatable bonds is 10. The van der Waals surface area contributed by atoms with E-state index >= 15 is 4.39 Å². The van der Waals surface area contributed by atoms with Crippen LogP contribution in [0.1, 0.15) is 45.7 Å². The van der Waals surface area contributed by atoms with Gasteiger partial charge < -0.3 is 19.1 Å². The monoisotopic (exact) mass is 609 g/mol. The molecule has 0 saturated carbocycles. The smallest absolute Gasteiger partial charge is 0.335 e. The van der Waals surface area contributed by atoms with E-state index in [1.54, 1.807) is 24.3 Å². The van der Waals surface area contributed by atoms with Gasteiger partial charge in [0.15, 0.2) is 5.82 Å². The Balaban J connectivity index is 1.23. The molecule has 12 heteroatoms. The Bertz CT molecular complexity index is 1870. The number of fused-ring (bicyclic) bond motifs is 1. The summed E-state index contributed by atoms with van der Waals surface area (Å²) in [6, 6.07) is 14.3. The van der Waals surface area contributed by atoms with E-state index in [2.05, 4.69) is 9.97 Å². The number of ether oxygens (including phenoxy) is 2. The maximum absolute atomic E-state index is 15.4. The Hall–Kier alpha value is -4.84. The number of aromatic nitrogens is 3.